The first-order valence-electron chi connectivity index (χ1n) is 6.18. The van der Waals surface area contributed by atoms with Gasteiger partial charge in [-0.2, -0.15) is 0 Å². The Kier molecular flexibility index (Phi) is 5.53. The van der Waals surface area contributed by atoms with Gasteiger partial charge in [0.2, 0.25) is 0 Å². The summed E-state index contributed by atoms with van der Waals surface area (Å²) in [6.07, 6.45) is 1.21. The molecule has 0 radical (unpaired) electrons. The van der Waals surface area contributed by atoms with Crippen LogP contribution in [0.5, 0.6) is 5.75 Å². The highest BCUT2D eigenvalue weighted by molar-refractivity contribution is 5.81. The molecule has 0 heterocycles. The van der Waals surface area contributed by atoms with E-state index >= 15 is 0 Å². The molecule has 0 saturated heterocycles. The second-order valence-electron chi connectivity index (χ2n) is 4.12. The van der Waals surface area contributed by atoms with Crippen molar-refractivity contribution in [1.29, 1.82) is 0 Å². The van der Waals surface area contributed by atoms with Crippen LogP contribution in [0.25, 0.3) is 0 Å². The van der Waals surface area contributed by atoms with Gasteiger partial charge < -0.3 is 10.1 Å². The maximum atomic E-state index is 11.8. The topological polar surface area (TPSA) is 38.3 Å². The molecule has 0 bridgehead atoms. The smallest absolute Gasteiger partial charge is 0.261 e. The van der Waals surface area contributed by atoms with Crippen LogP contribution in [0.1, 0.15) is 32.3 Å². The molecule has 3 heteroatoms. The highest BCUT2D eigenvalue weighted by atomic mass is 16.5. The zero-order valence-corrected chi connectivity index (χ0v) is 10.8. The molecule has 0 aliphatic carbocycles. The molecule has 1 rings (SSSR count). The number of hydrogen-bond acceptors (Lipinski definition) is 2. The first kappa shape index (κ1) is 13.6. The lowest BCUT2D eigenvalue weighted by molar-refractivity contribution is -0.128. The van der Waals surface area contributed by atoms with E-state index in [1.54, 1.807) is 0 Å². The largest absolute Gasteiger partial charge is 0.481 e. The lowest BCUT2D eigenvalue weighted by Gasteiger charge is -2.17. The van der Waals surface area contributed by atoms with E-state index in [2.05, 4.69) is 5.32 Å². The van der Waals surface area contributed by atoms with Gasteiger partial charge in [-0.15, -0.1) is 0 Å². The lowest BCUT2D eigenvalue weighted by Crippen LogP contribution is -2.38. The summed E-state index contributed by atoms with van der Waals surface area (Å²) in [5, 5.41) is 2.85. The van der Waals surface area contributed by atoms with Crippen LogP contribution in [-0.2, 0) is 4.79 Å². The number of nitrogens with one attached hydrogen (secondary N) is 1. The second kappa shape index (κ2) is 6.94. The van der Waals surface area contributed by atoms with E-state index in [1.807, 2.05) is 45.0 Å². The van der Waals surface area contributed by atoms with Gasteiger partial charge in [0.05, 0.1) is 0 Å². The lowest BCUT2D eigenvalue weighted by atomic mass is 10.2. The molecule has 3 nitrogen and oxygen atoms in total. The zero-order valence-electron chi connectivity index (χ0n) is 10.8. The molecule has 0 spiro atoms. The Labute approximate surface area is 103 Å². The Morgan fingerprint density at radius 1 is 1.41 bits per heavy atom. The second-order valence-corrected chi connectivity index (χ2v) is 4.12. The SMILES string of the molecule is CCCNC(=O)[C@@H](CC)Oc1cccc(C)c1. The third-order valence-electron chi connectivity index (χ3n) is 2.48. The Morgan fingerprint density at radius 2 is 2.18 bits per heavy atom. The number of carbonyl (C=O) groups is 1. The molecule has 0 unspecified atom stereocenters. The first-order valence-corrected chi connectivity index (χ1v) is 6.18. The molecule has 0 aromatic heterocycles. The molecule has 0 saturated carbocycles. The number of benzene rings is 1. The molecule has 0 aliphatic rings. The third kappa shape index (κ3) is 4.47. The van der Waals surface area contributed by atoms with Crippen molar-refractivity contribution >= 4 is 5.91 Å². The zero-order chi connectivity index (χ0) is 12.7. The summed E-state index contributed by atoms with van der Waals surface area (Å²) in [5.74, 6) is 0.722. The Bertz CT molecular complexity index is 363. The van der Waals surface area contributed by atoms with E-state index in [0.717, 1.165) is 17.7 Å². The van der Waals surface area contributed by atoms with E-state index in [1.165, 1.54) is 0 Å². The van der Waals surface area contributed by atoms with Crippen molar-refractivity contribution in [3.8, 4) is 5.75 Å². The quantitative estimate of drug-likeness (QED) is 0.823. The van der Waals surface area contributed by atoms with Gasteiger partial charge in [-0.05, 0) is 37.5 Å². The summed E-state index contributed by atoms with van der Waals surface area (Å²) >= 11 is 0. The predicted molar refractivity (Wildman–Crippen MR) is 69.2 cm³/mol. The van der Waals surface area contributed by atoms with Crippen LogP contribution < -0.4 is 10.1 Å². The summed E-state index contributed by atoms with van der Waals surface area (Å²) in [7, 11) is 0. The molecular formula is C14H21NO2. The van der Waals surface area contributed by atoms with Crippen LogP contribution in [0.4, 0.5) is 0 Å². The van der Waals surface area contributed by atoms with Crippen LogP contribution in [-0.4, -0.2) is 18.6 Å². The fraction of sp³-hybridized carbons (Fsp3) is 0.500. The minimum absolute atomic E-state index is 0.0316. The molecule has 1 aromatic rings. The number of amides is 1. The van der Waals surface area contributed by atoms with Crippen molar-refractivity contribution in [2.45, 2.75) is 39.7 Å². The fourth-order valence-electron chi connectivity index (χ4n) is 1.54. The molecule has 17 heavy (non-hydrogen) atoms. The van der Waals surface area contributed by atoms with Gasteiger partial charge in [0.25, 0.3) is 5.91 Å². The molecule has 94 valence electrons. The van der Waals surface area contributed by atoms with Crippen LogP contribution in [0.3, 0.4) is 0 Å². The normalized spacial score (nSPS) is 11.9. The van der Waals surface area contributed by atoms with E-state index in [-0.39, 0.29) is 5.91 Å². The monoisotopic (exact) mass is 235 g/mol. The van der Waals surface area contributed by atoms with Crippen LogP contribution in [0.15, 0.2) is 24.3 Å². The molecular weight excluding hydrogens is 214 g/mol. The maximum absolute atomic E-state index is 11.8. The number of rotatable bonds is 6. The van der Waals surface area contributed by atoms with Gasteiger partial charge in [-0.3, -0.25) is 4.79 Å². The summed E-state index contributed by atoms with van der Waals surface area (Å²) in [4.78, 5) is 11.8. The van der Waals surface area contributed by atoms with Gasteiger partial charge in [0.15, 0.2) is 6.10 Å². The molecule has 1 atom stereocenters. The molecule has 0 aliphatic heterocycles. The third-order valence-corrected chi connectivity index (χ3v) is 2.48. The first-order chi connectivity index (χ1) is 8.17. The average Bonchev–Trinajstić information content (AvgIpc) is 2.33. The average molecular weight is 235 g/mol. The number of ether oxygens (including phenoxy) is 1. The summed E-state index contributed by atoms with van der Waals surface area (Å²) in [6.45, 7) is 6.69. The summed E-state index contributed by atoms with van der Waals surface area (Å²) in [6, 6.07) is 7.75. The predicted octanol–water partition coefficient (Wildman–Crippen LogP) is 2.68. The van der Waals surface area contributed by atoms with Crippen LogP contribution in [0, 0.1) is 6.92 Å². The Balaban J connectivity index is 2.60. The molecule has 1 amide bonds. The van der Waals surface area contributed by atoms with Gasteiger partial charge in [0.1, 0.15) is 5.75 Å². The standard InChI is InChI=1S/C14H21NO2/c1-4-9-15-14(16)13(5-2)17-12-8-6-7-11(3)10-12/h6-8,10,13H,4-5,9H2,1-3H3,(H,15,16)/t13-/m1/s1. The number of aryl methyl sites for hydroxylation is 1. The molecule has 0 fully saturated rings. The minimum atomic E-state index is -0.400. The summed E-state index contributed by atoms with van der Waals surface area (Å²) in [5.41, 5.74) is 1.13. The van der Waals surface area contributed by atoms with Crippen molar-refractivity contribution in [1.82, 2.24) is 5.32 Å². The van der Waals surface area contributed by atoms with Crippen molar-refractivity contribution in [2.75, 3.05) is 6.54 Å². The van der Waals surface area contributed by atoms with Crippen molar-refractivity contribution in [3.05, 3.63) is 29.8 Å². The number of hydrogen-bond donors (Lipinski definition) is 1. The van der Waals surface area contributed by atoms with Crippen LogP contribution >= 0.6 is 0 Å². The summed E-state index contributed by atoms with van der Waals surface area (Å²) < 4.78 is 5.69. The van der Waals surface area contributed by atoms with Gasteiger partial charge in [0, 0.05) is 6.54 Å². The van der Waals surface area contributed by atoms with Gasteiger partial charge in [-0.1, -0.05) is 26.0 Å². The van der Waals surface area contributed by atoms with E-state index in [4.69, 9.17) is 4.74 Å². The van der Waals surface area contributed by atoms with Crippen molar-refractivity contribution in [3.63, 3.8) is 0 Å². The number of carbonyl (C=O) groups excluding carboxylic acids is 1. The van der Waals surface area contributed by atoms with Gasteiger partial charge in [-0.25, -0.2) is 0 Å². The van der Waals surface area contributed by atoms with Crippen molar-refractivity contribution in [2.24, 2.45) is 0 Å². The van der Waals surface area contributed by atoms with Gasteiger partial charge >= 0.3 is 0 Å². The molecule has 1 aromatic carbocycles. The van der Waals surface area contributed by atoms with E-state index < -0.39 is 6.10 Å². The Morgan fingerprint density at radius 3 is 2.76 bits per heavy atom. The van der Waals surface area contributed by atoms with Crippen LogP contribution in [0.2, 0.25) is 0 Å². The Hall–Kier alpha value is -1.51. The highest BCUT2D eigenvalue weighted by Crippen LogP contribution is 2.15. The fourth-order valence-corrected chi connectivity index (χ4v) is 1.54. The maximum Gasteiger partial charge on any atom is 0.261 e. The minimum Gasteiger partial charge on any atom is -0.481 e. The van der Waals surface area contributed by atoms with Crippen molar-refractivity contribution < 1.29 is 9.53 Å². The molecule has 1 N–H and O–H groups in total. The van der Waals surface area contributed by atoms with E-state index in [9.17, 15) is 4.79 Å². The highest BCUT2D eigenvalue weighted by Gasteiger charge is 2.17. The van der Waals surface area contributed by atoms with E-state index in [0.29, 0.717) is 13.0 Å².